The van der Waals surface area contributed by atoms with E-state index in [1.165, 1.54) is 17.0 Å². The summed E-state index contributed by atoms with van der Waals surface area (Å²) < 4.78 is 34.2. The molecule has 3 aromatic carbocycles. The third-order valence-electron chi connectivity index (χ3n) is 6.30. The van der Waals surface area contributed by atoms with E-state index in [1.807, 2.05) is 46.8 Å². The molecule has 0 unspecified atom stereocenters. The fourth-order valence-electron chi connectivity index (χ4n) is 4.30. The third-order valence-corrected chi connectivity index (χ3v) is 8.09. The van der Waals surface area contributed by atoms with Gasteiger partial charge in [-0.2, -0.15) is 0 Å². The van der Waals surface area contributed by atoms with Crippen molar-refractivity contribution in [3.05, 3.63) is 90.0 Å². The van der Waals surface area contributed by atoms with Crippen LogP contribution in [0, 0.1) is 6.92 Å². The molecule has 1 N–H and O–H groups in total. The van der Waals surface area contributed by atoms with E-state index in [0.29, 0.717) is 17.9 Å². The van der Waals surface area contributed by atoms with Crippen molar-refractivity contribution in [1.29, 1.82) is 0 Å². The fraction of sp³-hybridized carbons (Fsp3) is 0.355. The number of nitrogens with one attached hydrogen (secondary N) is 1. The number of rotatable bonds is 11. The van der Waals surface area contributed by atoms with Gasteiger partial charge < -0.3 is 15.0 Å². The van der Waals surface area contributed by atoms with Crippen LogP contribution < -0.4 is 14.4 Å². The van der Waals surface area contributed by atoms with Crippen molar-refractivity contribution in [3.8, 4) is 5.75 Å². The zero-order valence-corrected chi connectivity index (χ0v) is 24.9. The number of para-hydroxylation sites is 1. The van der Waals surface area contributed by atoms with E-state index >= 15 is 0 Å². The van der Waals surface area contributed by atoms with Crippen LogP contribution in [0.25, 0.3) is 0 Å². The Hall–Kier alpha value is -3.85. The van der Waals surface area contributed by atoms with Crippen LogP contribution in [0.4, 0.5) is 5.69 Å². The quantitative estimate of drug-likeness (QED) is 0.356. The summed E-state index contributed by atoms with van der Waals surface area (Å²) in [6.07, 6.45) is 0.341. The first-order valence-electron chi connectivity index (χ1n) is 13.2. The topological polar surface area (TPSA) is 96.0 Å². The maximum absolute atomic E-state index is 14.1. The van der Waals surface area contributed by atoms with Crippen molar-refractivity contribution in [2.24, 2.45) is 0 Å². The van der Waals surface area contributed by atoms with Gasteiger partial charge in [0.1, 0.15) is 18.3 Å². The molecule has 0 saturated carbocycles. The summed E-state index contributed by atoms with van der Waals surface area (Å²) in [6.45, 7) is 8.93. The van der Waals surface area contributed by atoms with Gasteiger partial charge in [-0.15, -0.1) is 0 Å². The van der Waals surface area contributed by atoms with E-state index in [0.717, 1.165) is 15.4 Å². The van der Waals surface area contributed by atoms with Gasteiger partial charge in [-0.05, 0) is 76.1 Å². The summed E-state index contributed by atoms with van der Waals surface area (Å²) in [5.41, 5.74) is 1.51. The highest BCUT2D eigenvalue weighted by Crippen LogP contribution is 2.25. The molecule has 0 bridgehead atoms. The molecule has 214 valence electrons. The molecule has 0 aliphatic rings. The molecule has 0 aliphatic heterocycles. The molecular formula is C31H39N3O5S. The minimum atomic E-state index is -4.10. The number of hydrogen-bond acceptors (Lipinski definition) is 5. The number of carbonyl (C=O) groups excluding carboxylic acids is 2. The molecule has 2 amide bonds. The number of methoxy groups -OCH3 is 1. The van der Waals surface area contributed by atoms with E-state index in [-0.39, 0.29) is 17.3 Å². The molecule has 0 aromatic heterocycles. The molecule has 0 spiro atoms. The molecule has 40 heavy (non-hydrogen) atoms. The number of benzene rings is 3. The number of carbonyl (C=O) groups is 2. The van der Waals surface area contributed by atoms with Gasteiger partial charge in [-0.25, -0.2) is 8.42 Å². The maximum Gasteiger partial charge on any atom is 0.264 e. The molecule has 9 heteroatoms. The zero-order valence-electron chi connectivity index (χ0n) is 24.0. The molecule has 0 heterocycles. The second kappa shape index (κ2) is 13.0. The van der Waals surface area contributed by atoms with Crippen molar-refractivity contribution < 1.29 is 22.7 Å². The molecule has 0 radical (unpaired) electrons. The highest BCUT2D eigenvalue weighted by Gasteiger charge is 2.34. The van der Waals surface area contributed by atoms with E-state index < -0.39 is 34.1 Å². The minimum absolute atomic E-state index is 0.0756. The smallest absolute Gasteiger partial charge is 0.264 e. The highest BCUT2D eigenvalue weighted by molar-refractivity contribution is 7.92. The van der Waals surface area contributed by atoms with Crippen LogP contribution in [0.2, 0.25) is 0 Å². The summed E-state index contributed by atoms with van der Waals surface area (Å²) in [5.74, 6) is -0.192. The van der Waals surface area contributed by atoms with Crippen LogP contribution in [0.1, 0.15) is 45.2 Å². The predicted molar refractivity (Wildman–Crippen MR) is 158 cm³/mol. The summed E-state index contributed by atoms with van der Waals surface area (Å²) in [7, 11) is -2.54. The number of hydrogen-bond donors (Lipinski definition) is 1. The maximum atomic E-state index is 14.1. The lowest BCUT2D eigenvalue weighted by Crippen LogP contribution is -2.55. The van der Waals surface area contributed by atoms with Crippen molar-refractivity contribution in [2.45, 2.75) is 64.1 Å². The number of ether oxygens (including phenoxy) is 1. The Morgan fingerprint density at radius 3 is 2.17 bits per heavy atom. The first-order chi connectivity index (χ1) is 18.9. The standard InChI is InChI=1S/C31H39N3O5S/c1-7-28(30(36)32-31(3,4)5)33(21-24-12-11-15-26(20-24)39-6)29(35)22-34(25-13-9-8-10-14-25)40(37,38)27-18-16-23(2)17-19-27/h8-20,28H,7,21-22H2,1-6H3,(H,32,36)/t28-/m0/s1. The van der Waals surface area contributed by atoms with Crippen LogP contribution in [-0.4, -0.2) is 50.4 Å². The molecule has 8 nitrogen and oxygen atoms in total. The average molecular weight is 566 g/mol. The highest BCUT2D eigenvalue weighted by atomic mass is 32.2. The Morgan fingerprint density at radius 1 is 0.950 bits per heavy atom. The molecular weight excluding hydrogens is 526 g/mol. The number of sulfonamides is 1. The van der Waals surface area contributed by atoms with Gasteiger partial charge in [-0.1, -0.05) is 55.0 Å². The van der Waals surface area contributed by atoms with Crippen molar-refractivity contribution in [2.75, 3.05) is 18.0 Å². The average Bonchev–Trinajstić information content (AvgIpc) is 2.91. The number of aryl methyl sites for hydroxylation is 1. The van der Waals surface area contributed by atoms with Gasteiger partial charge in [0.2, 0.25) is 11.8 Å². The monoisotopic (exact) mass is 565 g/mol. The lowest BCUT2D eigenvalue weighted by Gasteiger charge is -2.34. The van der Waals surface area contributed by atoms with E-state index in [1.54, 1.807) is 61.7 Å². The summed E-state index contributed by atoms with van der Waals surface area (Å²) in [5, 5.41) is 2.97. The first kappa shape index (κ1) is 30.7. The van der Waals surface area contributed by atoms with Crippen LogP contribution in [0.15, 0.2) is 83.8 Å². The Bertz CT molecular complexity index is 1400. The second-order valence-electron chi connectivity index (χ2n) is 10.7. The molecule has 3 aromatic rings. The zero-order chi connectivity index (χ0) is 29.5. The molecule has 0 fully saturated rings. The summed E-state index contributed by atoms with van der Waals surface area (Å²) in [4.78, 5) is 29.0. The Kier molecular flexibility index (Phi) is 9.98. The van der Waals surface area contributed by atoms with Crippen molar-refractivity contribution >= 4 is 27.5 Å². The summed E-state index contributed by atoms with van der Waals surface area (Å²) in [6, 6.07) is 21.4. The van der Waals surface area contributed by atoms with E-state index in [9.17, 15) is 18.0 Å². The SMILES string of the molecule is CC[C@@H](C(=O)NC(C)(C)C)N(Cc1cccc(OC)c1)C(=O)CN(c1ccccc1)S(=O)(=O)c1ccc(C)cc1. The fourth-order valence-corrected chi connectivity index (χ4v) is 5.71. The minimum Gasteiger partial charge on any atom is -0.497 e. The van der Waals surface area contributed by atoms with Gasteiger partial charge in [0.25, 0.3) is 10.0 Å². The normalized spacial score (nSPS) is 12.3. The van der Waals surface area contributed by atoms with Gasteiger partial charge in [0, 0.05) is 12.1 Å². The van der Waals surface area contributed by atoms with Crippen LogP contribution in [0.3, 0.4) is 0 Å². The lowest BCUT2D eigenvalue weighted by molar-refractivity contribution is -0.141. The molecule has 0 saturated heterocycles. The number of nitrogens with zero attached hydrogens (tertiary/aromatic N) is 2. The van der Waals surface area contributed by atoms with Gasteiger partial charge >= 0.3 is 0 Å². The Morgan fingerprint density at radius 2 is 1.60 bits per heavy atom. The van der Waals surface area contributed by atoms with Crippen molar-refractivity contribution in [1.82, 2.24) is 10.2 Å². The predicted octanol–water partition coefficient (Wildman–Crippen LogP) is 4.92. The molecule has 3 rings (SSSR count). The van der Waals surface area contributed by atoms with E-state index in [2.05, 4.69) is 5.32 Å². The molecule has 0 aliphatic carbocycles. The summed E-state index contributed by atoms with van der Waals surface area (Å²) >= 11 is 0. The number of anilines is 1. The van der Waals surface area contributed by atoms with Gasteiger partial charge in [0.05, 0.1) is 17.7 Å². The lowest BCUT2D eigenvalue weighted by atomic mass is 10.1. The first-order valence-corrected chi connectivity index (χ1v) is 14.7. The third kappa shape index (κ3) is 7.85. The van der Waals surface area contributed by atoms with Crippen molar-refractivity contribution in [3.63, 3.8) is 0 Å². The van der Waals surface area contributed by atoms with Gasteiger partial charge in [-0.3, -0.25) is 13.9 Å². The Balaban J connectivity index is 2.05. The van der Waals surface area contributed by atoms with E-state index in [4.69, 9.17) is 4.74 Å². The van der Waals surface area contributed by atoms with Crippen LogP contribution in [-0.2, 0) is 26.2 Å². The van der Waals surface area contributed by atoms with Crippen LogP contribution >= 0.6 is 0 Å². The second-order valence-corrected chi connectivity index (χ2v) is 12.6. The largest absolute Gasteiger partial charge is 0.497 e. The number of amides is 2. The van der Waals surface area contributed by atoms with Gasteiger partial charge in [0.15, 0.2) is 0 Å². The van der Waals surface area contributed by atoms with Crippen LogP contribution in [0.5, 0.6) is 5.75 Å². The molecule has 1 atom stereocenters. The Labute approximate surface area is 238 Å².